The molecule has 0 radical (unpaired) electrons. The number of hydrazone groups is 1. The van der Waals surface area contributed by atoms with Gasteiger partial charge >= 0.3 is 0 Å². The molecule has 0 unspecified atom stereocenters. The van der Waals surface area contributed by atoms with Crippen LogP contribution >= 0.6 is 0 Å². The van der Waals surface area contributed by atoms with E-state index in [4.69, 9.17) is 5.10 Å². The molecule has 0 atom stereocenters. The lowest BCUT2D eigenvalue weighted by Gasteiger charge is -2.19. The van der Waals surface area contributed by atoms with Crippen molar-refractivity contribution in [1.82, 2.24) is 15.0 Å². The lowest BCUT2D eigenvalue weighted by Crippen LogP contribution is -2.19. The predicted molar refractivity (Wildman–Crippen MR) is 201 cm³/mol. The molecule has 6 heteroatoms. The van der Waals surface area contributed by atoms with E-state index in [0.717, 1.165) is 72.2 Å². The van der Waals surface area contributed by atoms with E-state index in [2.05, 4.69) is 93.2 Å². The largest absolute Gasteiger partial charge is 0.299 e. The molecule has 0 aliphatic heterocycles. The molecule has 0 spiro atoms. The molecule has 0 bridgehead atoms. The summed E-state index contributed by atoms with van der Waals surface area (Å²) in [6.45, 7) is 0. The van der Waals surface area contributed by atoms with Crippen LogP contribution in [-0.2, 0) is 0 Å². The summed E-state index contributed by atoms with van der Waals surface area (Å²) < 4.78 is 0. The van der Waals surface area contributed by atoms with Crippen molar-refractivity contribution >= 4 is 39.2 Å². The zero-order chi connectivity index (χ0) is 33.0. The quantitative estimate of drug-likeness (QED) is 0.136. The van der Waals surface area contributed by atoms with Crippen molar-refractivity contribution in [3.05, 3.63) is 182 Å². The molecule has 6 nitrogen and oxygen atoms in total. The molecule has 2 N–H and O–H groups in total. The van der Waals surface area contributed by atoms with Gasteiger partial charge in [0.25, 0.3) is 0 Å². The van der Waals surface area contributed by atoms with Crippen LogP contribution < -0.4 is 5.43 Å². The number of pyridine rings is 3. The van der Waals surface area contributed by atoms with Gasteiger partial charge in [-0.3, -0.25) is 25.8 Å². The number of nitrogens with one attached hydrogen (secondary N) is 2. The van der Waals surface area contributed by atoms with Gasteiger partial charge in [-0.1, -0.05) is 78.9 Å². The minimum Gasteiger partial charge on any atom is -0.299 e. The lowest BCUT2D eigenvalue weighted by molar-refractivity contribution is 1.33. The molecule has 0 amide bonds. The summed E-state index contributed by atoms with van der Waals surface area (Å²) in [5.74, 6) is 0. The van der Waals surface area contributed by atoms with E-state index in [0.29, 0.717) is 11.4 Å². The highest BCUT2D eigenvalue weighted by Crippen LogP contribution is 2.33. The van der Waals surface area contributed by atoms with Gasteiger partial charge in [0, 0.05) is 58.6 Å². The highest BCUT2D eigenvalue weighted by atomic mass is 15.3. The maximum Gasteiger partial charge on any atom is 0.116 e. The minimum atomic E-state index is 0.317. The Balaban J connectivity index is 1.14. The standard InChI is InChI=1S/C43H30N6/c44-41-25-37(32-10-3-8-30(21-32)35-12-5-19-45-26-35)24-40(33-11-4-9-31(22-33)36-13-6-20-46-27-36)43(41)49-48-39-17-15-29(16-18-39)38-23-34-7-1-2-14-42(34)47-28-38/h1-28,44,48H/b44-41?,49-43-. The maximum atomic E-state index is 9.20. The molecule has 4 aromatic carbocycles. The number of hydrogen-bond acceptors (Lipinski definition) is 6. The Kier molecular flexibility index (Phi) is 7.94. The van der Waals surface area contributed by atoms with Crippen molar-refractivity contribution in [1.29, 1.82) is 5.41 Å². The van der Waals surface area contributed by atoms with E-state index < -0.39 is 0 Å². The highest BCUT2D eigenvalue weighted by Gasteiger charge is 2.21. The van der Waals surface area contributed by atoms with Crippen LogP contribution in [-0.4, -0.2) is 26.4 Å². The molecule has 7 aromatic rings. The smallest absolute Gasteiger partial charge is 0.116 e. The van der Waals surface area contributed by atoms with Crippen molar-refractivity contribution in [3.63, 3.8) is 0 Å². The molecular weight excluding hydrogens is 601 g/mol. The Morgan fingerprint density at radius 2 is 1.16 bits per heavy atom. The number of allylic oxidation sites excluding steroid dienone is 4. The molecule has 0 fully saturated rings. The van der Waals surface area contributed by atoms with E-state index in [1.807, 2.05) is 85.3 Å². The van der Waals surface area contributed by atoms with Gasteiger partial charge in [-0.15, -0.1) is 0 Å². The molecule has 49 heavy (non-hydrogen) atoms. The molecule has 3 aromatic heterocycles. The first kappa shape index (κ1) is 29.6. The number of para-hydroxylation sites is 1. The number of anilines is 1. The normalized spacial score (nSPS) is 13.6. The highest BCUT2D eigenvalue weighted by molar-refractivity contribution is 6.62. The summed E-state index contributed by atoms with van der Waals surface area (Å²) in [6.07, 6.45) is 13.2. The first-order valence-electron chi connectivity index (χ1n) is 16.0. The molecule has 3 heterocycles. The molecule has 1 aliphatic rings. The summed E-state index contributed by atoms with van der Waals surface area (Å²) in [5, 5.41) is 15.1. The lowest BCUT2D eigenvalue weighted by atomic mass is 9.86. The van der Waals surface area contributed by atoms with Gasteiger partial charge < -0.3 is 0 Å². The monoisotopic (exact) mass is 630 g/mol. The van der Waals surface area contributed by atoms with Crippen LogP contribution in [0.25, 0.3) is 55.4 Å². The number of hydrogen-bond donors (Lipinski definition) is 2. The summed E-state index contributed by atoms with van der Waals surface area (Å²) >= 11 is 0. The maximum absolute atomic E-state index is 9.20. The Bertz CT molecular complexity index is 2410. The number of fused-ring (bicyclic) bond motifs is 1. The third-order valence-corrected chi connectivity index (χ3v) is 8.57. The molecule has 8 rings (SSSR count). The van der Waals surface area contributed by atoms with Crippen molar-refractivity contribution in [2.24, 2.45) is 5.10 Å². The second-order valence-electron chi connectivity index (χ2n) is 11.8. The summed E-state index contributed by atoms with van der Waals surface area (Å²) in [5.41, 5.74) is 15.9. The number of nitrogens with zero attached hydrogens (tertiary/aromatic N) is 4. The third-order valence-electron chi connectivity index (χ3n) is 8.57. The second kappa shape index (κ2) is 13.1. The topological polar surface area (TPSA) is 86.9 Å². The Labute approximate surface area is 284 Å². The van der Waals surface area contributed by atoms with Gasteiger partial charge in [0.1, 0.15) is 5.71 Å². The van der Waals surface area contributed by atoms with Crippen LogP contribution in [0.2, 0.25) is 0 Å². The van der Waals surface area contributed by atoms with Gasteiger partial charge in [0.2, 0.25) is 0 Å². The number of benzene rings is 4. The van der Waals surface area contributed by atoms with Crippen LogP contribution in [0.4, 0.5) is 5.69 Å². The molecular formula is C43H30N6. The summed E-state index contributed by atoms with van der Waals surface area (Å²) in [6, 6.07) is 43.0. The van der Waals surface area contributed by atoms with E-state index >= 15 is 0 Å². The van der Waals surface area contributed by atoms with Crippen molar-refractivity contribution in [2.45, 2.75) is 0 Å². The minimum absolute atomic E-state index is 0.317. The molecule has 1 aliphatic carbocycles. The Hall–Kier alpha value is -6.79. The zero-order valence-electron chi connectivity index (χ0n) is 26.5. The van der Waals surface area contributed by atoms with Crippen LogP contribution in [0.5, 0.6) is 0 Å². The van der Waals surface area contributed by atoms with Gasteiger partial charge in [0.05, 0.1) is 16.9 Å². The Morgan fingerprint density at radius 3 is 1.88 bits per heavy atom. The molecule has 232 valence electrons. The van der Waals surface area contributed by atoms with Gasteiger partial charge in [-0.05, 0) is 94.1 Å². The van der Waals surface area contributed by atoms with E-state index in [1.54, 1.807) is 12.4 Å². The van der Waals surface area contributed by atoms with Crippen molar-refractivity contribution in [2.75, 3.05) is 5.43 Å². The Morgan fingerprint density at radius 1 is 0.510 bits per heavy atom. The first-order chi connectivity index (χ1) is 24.2. The fraction of sp³-hybridized carbons (Fsp3) is 0. The first-order valence-corrected chi connectivity index (χ1v) is 16.0. The second-order valence-corrected chi connectivity index (χ2v) is 11.8. The van der Waals surface area contributed by atoms with Crippen LogP contribution in [0, 0.1) is 5.41 Å². The van der Waals surface area contributed by atoms with Crippen molar-refractivity contribution < 1.29 is 0 Å². The molecule has 0 saturated heterocycles. The van der Waals surface area contributed by atoms with E-state index in [-0.39, 0.29) is 0 Å². The van der Waals surface area contributed by atoms with Crippen LogP contribution in [0.3, 0.4) is 0 Å². The average Bonchev–Trinajstić information content (AvgIpc) is 3.18. The third kappa shape index (κ3) is 6.31. The fourth-order valence-electron chi connectivity index (χ4n) is 6.04. The molecule has 0 saturated carbocycles. The number of rotatable bonds is 7. The van der Waals surface area contributed by atoms with Gasteiger partial charge in [0.15, 0.2) is 0 Å². The summed E-state index contributed by atoms with van der Waals surface area (Å²) in [7, 11) is 0. The van der Waals surface area contributed by atoms with Gasteiger partial charge in [-0.25, -0.2) is 0 Å². The summed E-state index contributed by atoms with van der Waals surface area (Å²) in [4.78, 5) is 13.2. The zero-order valence-corrected chi connectivity index (χ0v) is 26.5. The predicted octanol–water partition coefficient (Wildman–Crippen LogP) is 9.99. The van der Waals surface area contributed by atoms with E-state index in [9.17, 15) is 5.41 Å². The average molecular weight is 631 g/mol. The van der Waals surface area contributed by atoms with Crippen LogP contribution in [0.1, 0.15) is 11.1 Å². The van der Waals surface area contributed by atoms with Gasteiger partial charge in [-0.2, -0.15) is 5.10 Å². The van der Waals surface area contributed by atoms with Crippen LogP contribution in [0.15, 0.2) is 176 Å². The number of aromatic nitrogens is 3. The fourth-order valence-corrected chi connectivity index (χ4v) is 6.04. The SMILES string of the molecule is N=C1C=C(c2cccc(-c3cccnc3)c2)C=C(c2cccc(-c3cccnc3)c2)/C1=N/Nc1ccc(-c2cnc3ccccc3c2)cc1. The van der Waals surface area contributed by atoms with Crippen molar-refractivity contribution in [3.8, 4) is 33.4 Å². The van der Waals surface area contributed by atoms with E-state index in [1.165, 1.54) is 0 Å².